The Hall–Kier alpha value is -3.40. The van der Waals surface area contributed by atoms with Crippen molar-refractivity contribution < 1.29 is 33.4 Å². The van der Waals surface area contributed by atoms with Gasteiger partial charge in [0.1, 0.15) is 11.5 Å². The summed E-state index contributed by atoms with van der Waals surface area (Å²) in [5.41, 5.74) is 1.20. The number of nitrogens with one attached hydrogen (secondary N) is 1. The summed E-state index contributed by atoms with van der Waals surface area (Å²) in [5, 5.41) is 1.94. The predicted molar refractivity (Wildman–Crippen MR) is 139 cm³/mol. The molecule has 1 spiro atoms. The number of ketones is 1. The molecule has 1 aliphatic carbocycles. The molecule has 9 nitrogen and oxygen atoms in total. The molecule has 37 heavy (non-hydrogen) atoms. The first kappa shape index (κ1) is 26.7. The van der Waals surface area contributed by atoms with Gasteiger partial charge in [0, 0.05) is 37.2 Å². The molecule has 0 saturated carbocycles. The molecule has 10 heteroatoms. The maximum absolute atomic E-state index is 13.3. The molecule has 0 radical (unpaired) electrons. The van der Waals surface area contributed by atoms with Crippen molar-refractivity contribution in [3.63, 3.8) is 0 Å². The topological polar surface area (TPSA) is 120 Å². The second-order valence-corrected chi connectivity index (χ2v) is 10.4. The molecule has 2 heterocycles. The fraction of sp³-hybridized carbons (Fsp3) is 0.444. The first-order valence-electron chi connectivity index (χ1n) is 12.3. The number of thioether (sulfide) groups is 1. The van der Waals surface area contributed by atoms with Crippen molar-refractivity contribution in [2.45, 2.75) is 42.6 Å². The standard InChI is InChI=1S/C27H30N2O7S/c1-3-35-25(32)22-19-13-16-28-21-8-4-5-14-27(19,21)37-23(22)20(30)7-6-15-29-26(33)36-24(31)17-9-11-18(34-2)12-10-17/h4-5,9-13,16,19,22-23H,3,6-8,14-15H2,1-2H3,(H,29,33). The maximum Gasteiger partial charge on any atom is 0.415 e. The minimum atomic E-state index is -0.891. The van der Waals surface area contributed by atoms with E-state index in [1.165, 1.54) is 31.0 Å². The van der Waals surface area contributed by atoms with Crippen LogP contribution in [-0.4, -0.2) is 59.8 Å². The van der Waals surface area contributed by atoms with Crippen molar-refractivity contribution >= 4 is 41.3 Å². The molecule has 1 N–H and O–H groups in total. The van der Waals surface area contributed by atoms with Gasteiger partial charge in [-0.1, -0.05) is 18.2 Å². The minimum absolute atomic E-state index is 0.0707. The fourth-order valence-corrected chi connectivity index (χ4v) is 6.96. The lowest BCUT2D eigenvalue weighted by Gasteiger charge is -2.38. The summed E-state index contributed by atoms with van der Waals surface area (Å²) in [6.45, 7) is 2.14. The number of aliphatic imine (C=N–C) groups is 1. The van der Waals surface area contributed by atoms with Gasteiger partial charge in [-0.3, -0.25) is 14.6 Å². The third-order valence-electron chi connectivity index (χ3n) is 6.76. The van der Waals surface area contributed by atoms with Gasteiger partial charge in [0.15, 0.2) is 0 Å². The van der Waals surface area contributed by atoms with Crippen LogP contribution >= 0.6 is 11.8 Å². The van der Waals surface area contributed by atoms with Gasteiger partial charge in [-0.2, -0.15) is 0 Å². The van der Waals surface area contributed by atoms with Crippen LogP contribution < -0.4 is 10.1 Å². The third-order valence-corrected chi connectivity index (χ3v) is 8.66. The minimum Gasteiger partial charge on any atom is -0.497 e. The molecule has 1 saturated heterocycles. The van der Waals surface area contributed by atoms with Crippen LogP contribution in [0.3, 0.4) is 0 Å². The van der Waals surface area contributed by atoms with E-state index in [2.05, 4.69) is 22.5 Å². The molecular formula is C27H30N2O7S. The van der Waals surface area contributed by atoms with E-state index in [1.54, 1.807) is 25.3 Å². The summed E-state index contributed by atoms with van der Waals surface area (Å²) in [6.07, 6.45) is 8.85. The van der Waals surface area contributed by atoms with Crippen molar-refractivity contribution in [3.05, 3.63) is 54.3 Å². The van der Waals surface area contributed by atoms with Crippen LogP contribution in [0.4, 0.5) is 4.79 Å². The van der Waals surface area contributed by atoms with Gasteiger partial charge in [-0.05, 0) is 44.0 Å². The fourth-order valence-electron chi connectivity index (χ4n) is 4.98. The number of ether oxygens (including phenoxy) is 3. The predicted octanol–water partition coefficient (Wildman–Crippen LogP) is 3.88. The number of rotatable bonds is 9. The summed E-state index contributed by atoms with van der Waals surface area (Å²) < 4.78 is 14.8. The largest absolute Gasteiger partial charge is 0.497 e. The number of carbonyl (C=O) groups is 4. The number of amides is 1. The van der Waals surface area contributed by atoms with E-state index in [0.29, 0.717) is 25.0 Å². The van der Waals surface area contributed by atoms with Crippen LogP contribution in [0.15, 0.2) is 53.7 Å². The monoisotopic (exact) mass is 526 g/mol. The first-order valence-corrected chi connectivity index (χ1v) is 13.2. The van der Waals surface area contributed by atoms with Gasteiger partial charge in [-0.25, -0.2) is 9.59 Å². The number of methoxy groups -OCH3 is 1. The summed E-state index contributed by atoms with van der Waals surface area (Å²) >= 11 is 1.52. The zero-order valence-corrected chi connectivity index (χ0v) is 21.6. The number of hydrogen-bond donors (Lipinski definition) is 1. The summed E-state index contributed by atoms with van der Waals surface area (Å²) in [7, 11) is 1.51. The Bertz CT molecular complexity index is 1140. The number of alkyl carbamates (subject to hydrolysis) is 1. The second kappa shape index (κ2) is 11.8. The van der Waals surface area contributed by atoms with Gasteiger partial charge in [-0.15, -0.1) is 11.8 Å². The highest BCUT2D eigenvalue weighted by molar-refractivity contribution is 8.03. The van der Waals surface area contributed by atoms with Crippen molar-refractivity contribution in [3.8, 4) is 5.75 Å². The van der Waals surface area contributed by atoms with Gasteiger partial charge < -0.3 is 19.5 Å². The summed E-state index contributed by atoms with van der Waals surface area (Å²) in [6, 6.07) is 6.18. The third kappa shape index (κ3) is 5.64. The molecule has 1 aromatic rings. The number of carbonyl (C=O) groups excluding carboxylic acids is 4. The number of hydrogen-bond acceptors (Lipinski definition) is 9. The highest BCUT2D eigenvalue weighted by Gasteiger charge is 2.60. The smallest absolute Gasteiger partial charge is 0.415 e. The normalized spacial score (nSPS) is 25.4. The van der Waals surface area contributed by atoms with Crippen LogP contribution in [-0.2, 0) is 19.1 Å². The number of allylic oxidation sites excluding steroid dienone is 3. The van der Waals surface area contributed by atoms with Gasteiger partial charge in [0.05, 0.1) is 35.2 Å². The van der Waals surface area contributed by atoms with E-state index in [1.807, 2.05) is 6.08 Å². The highest BCUT2D eigenvalue weighted by Crippen LogP contribution is 2.58. The Morgan fingerprint density at radius 1 is 1.16 bits per heavy atom. The summed E-state index contributed by atoms with van der Waals surface area (Å²) in [5.74, 6) is -1.40. The average Bonchev–Trinajstić information content (AvgIpc) is 3.25. The lowest BCUT2D eigenvalue weighted by Crippen LogP contribution is -2.44. The lowest BCUT2D eigenvalue weighted by molar-refractivity contribution is -0.150. The van der Waals surface area contributed by atoms with Gasteiger partial charge in [0.25, 0.3) is 0 Å². The van der Waals surface area contributed by atoms with Crippen LogP contribution in [0.1, 0.15) is 43.0 Å². The van der Waals surface area contributed by atoms with E-state index in [-0.39, 0.29) is 42.8 Å². The van der Waals surface area contributed by atoms with Crippen LogP contribution in [0.2, 0.25) is 0 Å². The Kier molecular flexibility index (Phi) is 8.48. The maximum atomic E-state index is 13.3. The van der Waals surface area contributed by atoms with Crippen molar-refractivity contribution in [1.82, 2.24) is 5.32 Å². The average molecular weight is 527 g/mol. The van der Waals surface area contributed by atoms with E-state index < -0.39 is 28.0 Å². The summed E-state index contributed by atoms with van der Waals surface area (Å²) in [4.78, 5) is 55.0. The van der Waals surface area contributed by atoms with E-state index in [4.69, 9.17) is 14.2 Å². The van der Waals surface area contributed by atoms with Crippen LogP contribution in [0.5, 0.6) is 5.75 Å². The van der Waals surface area contributed by atoms with E-state index in [9.17, 15) is 19.2 Å². The van der Waals surface area contributed by atoms with Gasteiger partial charge in [0.2, 0.25) is 0 Å². The Balaban J connectivity index is 1.32. The molecule has 196 valence electrons. The Morgan fingerprint density at radius 2 is 1.95 bits per heavy atom. The van der Waals surface area contributed by atoms with E-state index >= 15 is 0 Å². The zero-order valence-electron chi connectivity index (χ0n) is 20.8. The van der Waals surface area contributed by atoms with Crippen LogP contribution in [0.25, 0.3) is 0 Å². The first-order chi connectivity index (χ1) is 17.9. The number of benzene rings is 1. The molecule has 4 atom stereocenters. The quantitative estimate of drug-likeness (QED) is 0.223. The molecular weight excluding hydrogens is 496 g/mol. The Labute approximate surface area is 219 Å². The second-order valence-electron chi connectivity index (χ2n) is 8.93. The molecule has 1 fully saturated rings. The lowest BCUT2D eigenvalue weighted by atomic mass is 9.72. The molecule has 2 aliphatic heterocycles. The highest BCUT2D eigenvalue weighted by atomic mass is 32.2. The molecule has 3 aliphatic rings. The number of nitrogens with zero attached hydrogens (tertiary/aromatic N) is 1. The Morgan fingerprint density at radius 3 is 2.68 bits per heavy atom. The number of Topliss-reactive ketones (excluding diaryl/α,β-unsaturated/α-hetero) is 1. The van der Waals surface area contributed by atoms with Crippen LogP contribution in [0, 0.1) is 11.8 Å². The van der Waals surface area contributed by atoms with E-state index in [0.717, 1.165) is 5.71 Å². The zero-order chi connectivity index (χ0) is 26.4. The van der Waals surface area contributed by atoms with Crippen molar-refractivity contribution in [2.24, 2.45) is 16.8 Å². The molecule has 0 aromatic heterocycles. The molecule has 1 aromatic carbocycles. The van der Waals surface area contributed by atoms with Gasteiger partial charge >= 0.3 is 18.0 Å². The van der Waals surface area contributed by atoms with Crippen molar-refractivity contribution in [1.29, 1.82) is 0 Å². The SMILES string of the molecule is CCOC(=O)C1C(C(=O)CCCNC(=O)OC(=O)c2ccc(OC)cc2)SC23CC=CCC2=NC=CC13. The number of esters is 2. The molecule has 1 amide bonds. The molecule has 4 unspecified atom stereocenters. The molecule has 0 bridgehead atoms. The molecule has 4 rings (SSSR count). The van der Waals surface area contributed by atoms with Crippen molar-refractivity contribution in [2.75, 3.05) is 20.3 Å².